The van der Waals surface area contributed by atoms with Gasteiger partial charge in [-0.2, -0.15) is 0 Å². The zero-order valence-corrected chi connectivity index (χ0v) is 17.3. The molecule has 1 rings (SSSR count). The van der Waals surface area contributed by atoms with Crippen LogP contribution in [0.1, 0.15) is 45.1 Å². The van der Waals surface area contributed by atoms with E-state index in [9.17, 15) is 19.5 Å². The number of hydrogen-bond acceptors (Lipinski definition) is 5. The first kappa shape index (κ1) is 24.6. The molecule has 1 aromatic rings. The Hall–Kier alpha value is -2.45. The summed E-state index contributed by atoms with van der Waals surface area (Å²) in [5.74, 6) is -2.30. The second kappa shape index (κ2) is 12.9. The predicted molar refractivity (Wildman–Crippen MR) is 112 cm³/mol. The SMILES string of the molecule is CCC(C)C(NC(=O)C(CCCCN)NC(=O)C(N)Cc1ccccc1)C(=O)O. The molecule has 4 unspecified atom stereocenters. The first-order valence-electron chi connectivity index (χ1n) is 10.1. The first-order valence-corrected chi connectivity index (χ1v) is 10.1. The molecule has 7 N–H and O–H groups in total. The highest BCUT2D eigenvalue weighted by atomic mass is 16.4. The molecule has 0 aliphatic heterocycles. The van der Waals surface area contributed by atoms with Crippen LogP contribution in [0.4, 0.5) is 0 Å². The van der Waals surface area contributed by atoms with Gasteiger partial charge in [0.1, 0.15) is 12.1 Å². The van der Waals surface area contributed by atoms with Gasteiger partial charge in [0.2, 0.25) is 11.8 Å². The summed E-state index contributed by atoms with van der Waals surface area (Å²) in [6.45, 7) is 4.09. The summed E-state index contributed by atoms with van der Waals surface area (Å²) in [5, 5.41) is 14.7. The third kappa shape index (κ3) is 8.62. The van der Waals surface area contributed by atoms with E-state index in [1.54, 1.807) is 6.92 Å². The lowest BCUT2D eigenvalue weighted by atomic mass is 9.98. The Morgan fingerprint density at radius 1 is 1.07 bits per heavy atom. The van der Waals surface area contributed by atoms with Gasteiger partial charge in [0, 0.05) is 0 Å². The van der Waals surface area contributed by atoms with E-state index in [1.807, 2.05) is 37.3 Å². The van der Waals surface area contributed by atoms with Crippen molar-refractivity contribution in [1.82, 2.24) is 10.6 Å². The third-order valence-corrected chi connectivity index (χ3v) is 4.99. The van der Waals surface area contributed by atoms with Crippen LogP contribution < -0.4 is 22.1 Å². The summed E-state index contributed by atoms with van der Waals surface area (Å²) in [6.07, 6.45) is 2.63. The van der Waals surface area contributed by atoms with Gasteiger partial charge in [-0.15, -0.1) is 0 Å². The largest absolute Gasteiger partial charge is 0.480 e. The highest BCUT2D eigenvalue weighted by Gasteiger charge is 2.30. The standard InChI is InChI=1S/C21H34N4O4/c1-3-14(2)18(21(28)29)25-20(27)17(11-7-8-12-22)24-19(26)16(23)13-15-9-5-4-6-10-15/h4-6,9-10,14,16-18H,3,7-8,11-13,22-23H2,1-2H3,(H,24,26)(H,25,27)(H,28,29). The number of aliphatic carboxylic acids is 1. The number of nitrogens with two attached hydrogens (primary N) is 2. The topological polar surface area (TPSA) is 148 Å². The van der Waals surface area contributed by atoms with Crippen molar-refractivity contribution in [3.05, 3.63) is 35.9 Å². The highest BCUT2D eigenvalue weighted by molar-refractivity contribution is 5.91. The number of carbonyl (C=O) groups excluding carboxylic acids is 2. The summed E-state index contributed by atoms with van der Waals surface area (Å²) in [7, 11) is 0. The van der Waals surface area contributed by atoms with Crippen LogP contribution >= 0.6 is 0 Å². The summed E-state index contributed by atoms with van der Waals surface area (Å²) in [4.78, 5) is 36.8. The van der Waals surface area contributed by atoms with Crippen LogP contribution in [0.3, 0.4) is 0 Å². The van der Waals surface area contributed by atoms with Gasteiger partial charge in [0.25, 0.3) is 0 Å². The maximum absolute atomic E-state index is 12.7. The summed E-state index contributed by atoms with van der Waals surface area (Å²) < 4.78 is 0. The lowest BCUT2D eigenvalue weighted by Crippen LogP contribution is -2.55. The van der Waals surface area contributed by atoms with Crippen molar-refractivity contribution in [2.45, 2.75) is 64.1 Å². The Labute approximate surface area is 172 Å². The Morgan fingerprint density at radius 3 is 2.28 bits per heavy atom. The maximum atomic E-state index is 12.7. The van der Waals surface area contributed by atoms with E-state index in [0.29, 0.717) is 38.6 Å². The molecular formula is C21H34N4O4. The van der Waals surface area contributed by atoms with Gasteiger partial charge >= 0.3 is 5.97 Å². The Balaban J connectivity index is 2.80. The predicted octanol–water partition coefficient (Wildman–Crippen LogP) is 0.786. The van der Waals surface area contributed by atoms with Gasteiger partial charge in [-0.05, 0) is 43.7 Å². The average molecular weight is 407 g/mol. The molecule has 0 aliphatic carbocycles. The molecule has 8 heteroatoms. The molecule has 0 aliphatic rings. The van der Waals surface area contributed by atoms with E-state index in [1.165, 1.54) is 0 Å². The molecule has 29 heavy (non-hydrogen) atoms. The number of carboxylic acid groups (broad SMARTS) is 1. The summed E-state index contributed by atoms with van der Waals surface area (Å²) in [6, 6.07) is 6.68. The van der Waals surface area contributed by atoms with Gasteiger partial charge in [-0.3, -0.25) is 9.59 Å². The molecule has 0 fully saturated rings. The van der Waals surface area contributed by atoms with E-state index in [4.69, 9.17) is 11.5 Å². The monoisotopic (exact) mass is 406 g/mol. The minimum atomic E-state index is -1.10. The number of rotatable bonds is 13. The van der Waals surface area contributed by atoms with Crippen LogP contribution in [-0.2, 0) is 20.8 Å². The number of unbranched alkanes of at least 4 members (excludes halogenated alkanes) is 1. The smallest absolute Gasteiger partial charge is 0.326 e. The number of carbonyl (C=O) groups is 3. The molecule has 1 aromatic carbocycles. The zero-order chi connectivity index (χ0) is 21.8. The molecule has 0 saturated carbocycles. The molecule has 8 nitrogen and oxygen atoms in total. The second-order valence-corrected chi connectivity index (χ2v) is 7.35. The lowest BCUT2D eigenvalue weighted by Gasteiger charge is -2.25. The fourth-order valence-electron chi connectivity index (χ4n) is 2.94. The van der Waals surface area contributed by atoms with Crippen LogP contribution in [0.5, 0.6) is 0 Å². The van der Waals surface area contributed by atoms with Crippen molar-refractivity contribution in [3.8, 4) is 0 Å². The fourth-order valence-corrected chi connectivity index (χ4v) is 2.94. The number of amides is 2. The van der Waals surface area contributed by atoms with E-state index in [-0.39, 0.29) is 5.92 Å². The molecule has 0 spiro atoms. The first-order chi connectivity index (χ1) is 13.8. The van der Waals surface area contributed by atoms with E-state index in [0.717, 1.165) is 5.56 Å². The van der Waals surface area contributed by atoms with E-state index < -0.39 is 35.9 Å². The number of benzene rings is 1. The number of carboxylic acids is 1. The molecule has 0 aromatic heterocycles. The van der Waals surface area contributed by atoms with Gasteiger partial charge in [-0.1, -0.05) is 50.6 Å². The van der Waals surface area contributed by atoms with Crippen LogP contribution in [0.2, 0.25) is 0 Å². The molecular weight excluding hydrogens is 372 g/mol. The Kier molecular flexibility index (Phi) is 10.9. The van der Waals surface area contributed by atoms with Crippen molar-refractivity contribution >= 4 is 17.8 Å². The Morgan fingerprint density at radius 2 is 1.72 bits per heavy atom. The molecule has 0 radical (unpaired) electrons. The van der Waals surface area contributed by atoms with Crippen LogP contribution in [0.25, 0.3) is 0 Å². The van der Waals surface area contributed by atoms with E-state index in [2.05, 4.69) is 10.6 Å². The summed E-state index contributed by atoms with van der Waals surface area (Å²) >= 11 is 0. The van der Waals surface area contributed by atoms with Crippen LogP contribution in [-0.4, -0.2) is 47.6 Å². The molecule has 0 heterocycles. The second-order valence-electron chi connectivity index (χ2n) is 7.35. The quantitative estimate of drug-likeness (QED) is 0.306. The molecule has 0 bridgehead atoms. The number of hydrogen-bond donors (Lipinski definition) is 5. The van der Waals surface area contributed by atoms with Crippen LogP contribution in [0, 0.1) is 5.92 Å². The van der Waals surface area contributed by atoms with Gasteiger partial charge in [0.05, 0.1) is 6.04 Å². The lowest BCUT2D eigenvalue weighted by molar-refractivity contribution is -0.143. The molecule has 2 amide bonds. The minimum Gasteiger partial charge on any atom is -0.480 e. The Bertz CT molecular complexity index is 653. The molecule has 0 saturated heterocycles. The van der Waals surface area contributed by atoms with Crippen molar-refractivity contribution in [2.75, 3.05) is 6.54 Å². The fraction of sp³-hybridized carbons (Fsp3) is 0.571. The molecule has 4 atom stereocenters. The third-order valence-electron chi connectivity index (χ3n) is 4.99. The minimum absolute atomic E-state index is 0.239. The zero-order valence-electron chi connectivity index (χ0n) is 17.3. The van der Waals surface area contributed by atoms with E-state index >= 15 is 0 Å². The normalized spacial score (nSPS) is 15.0. The number of nitrogens with one attached hydrogen (secondary N) is 2. The molecule has 162 valence electrons. The van der Waals surface area contributed by atoms with Gasteiger partial charge in [-0.25, -0.2) is 4.79 Å². The van der Waals surface area contributed by atoms with Crippen molar-refractivity contribution < 1.29 is 19.5 Å². The van der Waals surface area contributed by atoms with Crippen molar-refractivity contribution in [3.63, 3.8) is 0 Å². The van der Waals surface area contributed by atoms with Crippen molar-refractivity contribution in [1.29, 1.82) is 0 Å². The average Bonchev–Trinajstić information content (AvgIpc) is 2.70. The van der Waals surface area contributed by atoms with Crippen LogP contribution in [0.15, 0.2) is 30.3 Å². The summed E-state index contributed by atoms with van der Waals surface area (Å²) in [5.41, 5.74) is 12.5. The van der Waals surface area contributed by atoms with Gasteiger partial charge < -0.3 is 27.2 Å². The van der Waals surface area contributed by atoms with Crippen molar-refractivity contribution in [2.24, 2.45) is 17.4 Å². The highest BCUT2D eigenvalue weighted by Crippen LogP contribution is 2.10. The van der Waals surface area contributed by atoms with Gasteiger partial charge in [0.15, 0.2) is 0 Å². The maximum Gasteiger partial charge on any atom is 0.326 e.